The quantitative estimate of drug-likeness (QED) is 0.783. The van der Waals surface area contributed by atoms with Gasteiger partial charge >= 0.3 is 0 Å². The largest absolute Gasteiger partial charge is 0.369 e. The van der Waals surface area contributed by atoms with E-state index in [0.29, 0.717) is 5.95 Å². The standard InChI is InChI=1S/C15H18N4S/c1-8-6-5-7-12-13(8)19(15(16)18-12)10(3)14-9(2)17-11(4)20-14/h5-7,10H,1-4H3,(H2,16,18). The molecule has 1 unspecified atom stereocenters. The normalized spacial score (nSPS) is 13.0. The van der Waals surface area contributed by atoms with Crippen molar-refractivity contribution in [1.82, 2.24) is 14.5 Å². The lowest BCUT2D eigenvalue weighted by atomic mass is 10.1. The Hall–Kier alpha value is -1.88. The number of para-hydroxylation sites is 1. The van der Waals surface area contributed by atoms with E-state index in [9.17, 15) is 0 Å². The van der Waals surface area contributed by atoms with Crippen LogP contribution in [0.4, 0.5) is 5.95 Å². The lowest BCUT2D eigenvalue weighted by Gasteiger charge is -2.16. The molecular weight excluding hydrogens is 268 g/mol. The zero-order valence-electron chi connectivity index (χ0n) is 12.1. The number of thiazole rings is 1. The van der Waals surface area contributed by atoms with Gasteiger partial charge in [-0.25, -0.2) is 9.97 Å². The highest BCUT2D eigenvalue weighted by Crippen LogP contribution is 2.33. The molecule has 0 fully saturated rings. The van der Waals surface area contributed by atoms with E-state index in [-0.39, 0.29) is 6.04 Å². The van der Waals surface area contributed by atoms with Gasteiger partial charge in [0, 0.05) is 0 Å². The molecular formula is C15H18N4S. The van der Waals surface area contributed by atoms with Crippen molar-refractivity contribution in [2.75, 3.05) is 5.73 Å². The third kappa shape index (κ3) is 1.89. The van der Waals surface area contributed by atoms with E-state index in [4.69, 9.17) is 5.73 Å². The molecule has 0 saturated carbocycles. The predicted octanol–water partition coefficient (Wildman–Crippen LogP) is 3.61. The summed E-state index contributed by atoms with van der Waals surface area (Å²) in [6.07, 6.45) is 0. The summed E-state index contributed by atoms with van der Waals surface area (Å²) in [6.45, 7) is 8.34. The molecule has 3 rings (SSSR count). The summed E-state index contributed by atoms with van der Waals surface area (Å²) in [4.78, 5) is 10.2. The summed E-state index contributed by atoms with van der Waals surface area (Å²) in [5.41, 5.74) is 10.5. The number of nitrogens with zero attached hydrogens (tertiary/aromatic N) is 3. The Bertz CT molecular complexity index is 785. The van der Waals surface area contributed by atoms with Crippen molar-refractivity contribution in [3.8, 4) is 0 Å². The maximum Gasteiger partial charge on any atom is 0.201 e. The minimum Gasteiger partial charge on any atom is -0.369 e. The van der Waals surface area contributed by atoms with Crippen molar-refractivity contribution in [3.05, 3.63) is 39.3 Å². The molecule has 0 aliphatic rings. The lowest BCUT2D eigenvalue weighted by molar-refractivity contribution is 0.673. The number of anilines is 1. The molecule has 1 atom stereocenters. The van der Waals surface area contributed by atoms with Crippen LogP contribution in [0.25, 0.3) is 11.0 Å². The van der Waals surface area contributed by atoms with Gasteiger partial charge < -0.3 is 10.3 Å². The van der Waals surface area contributed by atoms with Crippen molar-refractivity contribution in [2.45, 2.75) is 33.7 Å². The van der Waals surface area contributed by atoms with Gasteiger partial charge in [-0.2, -0.15) is 0 Å². The maximum atomic E-state index is 6.15. The number of nitrogen functional groups attached to an aromatic ring is 1. The Morgan fingerprint density at radius 3 is 2.60 bits per heavy atom. The van der Waals surface area contributed by atoms with Gasteiger partial charge in [-0.05, 0) is 39.3 Å². The van der Waals surface area contributed by atoms with Crippen molar-refractivity contribution < 1.29 is 0 Å². The van der Waals surface area contributed by atoms with Crippen LogP contribution < -0.4 is 5.73 Å². The first-order valence-corrected chi connectivity index (χ1v) is 7.47. The molecule has 20 heavy (non-hydrogen) atoms. The summed E-state index contributed by atoms with van der Waals surface area (Å²) in [6, 6.07) is 6.26. The van der Waals surface area contributed by atoms with E-state index in [1.807, 2.05) is 19.1 Å². The summed E-state index contributed by atoms with van der Waals surface area (Å²) in [5, 5.41) is 1.09. The fourth-order valence-corrected chi connectivity index (χ4v) is 3.75. The molecule has 0 radical (unpaired) electrons. The van der Waals surface area contributed by atoms with Gasteiger partial charge in [-0.1, -0.05) is 12.1 Å². The third-order valence-corrected chi connectivity index (χ3v) is 4.89. The first-order chi connectivity index (χ1) is 9.49. The number of rotatable bonds is 2. The number of aromatic nitrogens is 3. The van der Waals surface area contributed by atoms with Crippen LogP contribution in [-0.2, 0) is 0 Å². The molecule has 0 saturated heterocycles. The molecule has 0 aliphatic carbocycles. The smallest absolute Gasteiger partial charge is 0.201 e. The monoisotopic (exact) mass is 286 g/mol. The SMILES string of the molecule is Cc1nc(C)c(C(C)n2c(N)nc3cccc(C)c32)s1. The Kier molecular flexibility index (Phi) is 3.01. The zero-order chi connectivity index (χ0) is 14.4. The Morgan fingerprint density at radius 1 is 1.20 bits per heavy atom. The second-order valence-electron chi connectivity index (χ2n) is 5.14. The minimum atomic E-state index is 0.146. The molecule has 0 aliphatic heterocycles. The van der Waals surface area contributed by atoms with Gasteiger partial charge in [0.05, 0.1) is 32.7 Å². The molecule has 104 valence electrons. The van der Waals surface area contributed by atoms with Crippen LogP contribution in [0.1, 0.15) is 34.1 Å². The van der Waals surface area contributed by atoms with Gasteiger partial charge in [0.1, 0.15) is 0 Å². The molecule has 2 N–H and O–H groups in total. The number of hydrogen-bond donors (Lipinski definition) is 1. The number of aryl methyl sites for hydroxylation is 3. The molecule has 2 heterocycles. The van der Waals surface area contributed by atoms with Crippen LogP contribution >= 0.6 is 11.3 Å². The molecule has 0 spiro atoms. The summed E-state index contributed by atoms with van der Waals surface area (Å²) in [7, 11) is 0. The van der Waals surface area contributed by atoms with Crippen molar-refractivity contribution in [2.24, 2.45) is 0 Å². The fraction of sp³-hybridized carbons (Fsp3) is 0.333. The van der Waals surface area contributed by atoms with Crippen LogP contribution in [0.15, 0.2) is 18.2 Å². The van der Waals surface area contributed by atoms with Crippen LogP contribution in [0.3, 0.4) is 0 Å². The van der Waals surface area contributed by atoms with Crippen LogP contribution in [0.5, 0.6) is 0 Å². The van der Waals surface area contributed by atoms with Crippen molar-refractivity contribution in [1.29, 1.82) is 0 Å². The highest BCUT2D eigenvalue weighted by Gasteiger charge is 2.20. The Morgan fingerprint density at radius 2 is 1.95 bits per heavy atom. The lowest BCUT2D eigenvalue weighted by Crippen LogP contribution is -2.10. The van der Waals surface area contributed by atoms with Crippen LogP contribution in [0.2, 0.25) is 0 Å². The van der Waals surface area contributed by atoms with Gasteiger partial charge in [0.25, 0.3) is 0 Å². The number of imidazole rings is 1. The predicted molar refractivity (Wildman–Crippen MR) is 84.3 cm³/mol. The van der Waals surface area contributed by atoms with Crippen molar-refractivity contribution >= 4 is 28.3 Å². The average molecular weight is 286 g/mol. The van der Waals surface area contributed by atoms with E-state index in [0.717, 1.165) is 21.7 Å². The van der Waals surface area contributed by atoms with E-state index in [1.54, 1.807) is 11.3 Å². The van der Waals surface area contributed by atoms with E-state index < -0.39 is 0 Å². The van der Waals surface area contributed by atoms with E-state index in [1.165, 1.54) is 10.4 Å². The highest BCUT2D eigenvalue weighted by atomic mass is 32.1. The second-order valence-corrected chi connectivity index (χ2v) is 6.38. The summed E-state index contributed by atoms with van der Waals surface area (Å²) >= 11 is 1.73. The topological polar surface area (TPSA) is 56.7 Å². The highest BCUT2D eigenvalue weighted by molar-refractivity contribution is 7.11. The zero-order valence-corrected chi connectivity index (χ0v) is 13.0. The molecule has 3 aromatic rings. The van der Waals surface area contributed by atoms with Crippen LogP contribution in [-0.4, -0.2) is 14.5 Å². The summed E-state index contributed by atoms with van der Waals surface area (Å²) < 4.78 is 2.12. The van der Waals surface area contributed by atoms with Gasteiger partial charge in [0.15, 0.2) is 0 Å². The molecule has 5 heteroatoms. The maximum absolute atomic E-state index is 6.15. The Labute approximate surface area is 122 Å². The van der Waals surface area contributed by atoms with E-state index >= 15 is 0 Å². The minimum absolute atomic E-state index is 0.146. The number of fused-ring (bicyclic) bond motifs is 1. The van der Waals surface area contributed by atoms with Gasteiger partial charge in [-0.15, -0.1) is 11.3 Å². The van der Waals surface area contributed by atoms with Gasteiger partial charge in [-0.3, -0.25) is 0 Å². The van der Waals surface area contributed by atoms with E-state index in [2.05, 4.69) is 41.4 Å². The number of nitrogens with two attached hydrogens (primary N) is 1. The Balaban J connectivity index is 2.24. The molecule has 4 nitrogen and oxygen atoms in total. The second kappa shape index (κ2) is 4.59. The third-order valence-electron chi connectivity index (χ3n) is 3.65. The fourth-order valence-electron chi connectivity index (χ4n) is 2.78. The first kappa shape index (κ1) is 13.1. The molecule has 1 aromatic carbocycles. The van der Waals surface area contributed by atoms with Crippen LogP contribution in [0, 0.1) is 20.8 Å². The van der Waals surface area contributed by atoms with Crippen molar-refractivity contribution in [3.63, 3.8) is 0 Å². The summed E-state index contributed by atoms with van der Waals surface area (Å²) in [5.74, 6) is 0.562. The molecule has 2 aromatic heterocycles. The molecule has 0 bridgehead atoms. The van der Waals surface area contributed by atoms with Gasteiger partial charge in [0.2, 0.25) is 5.95 Å². The molecule has 0 amide bonds. The first-order valence-electron chi connectivity index (χ1n) is 6.66. The number of benzene rings is 1. The average Bonchev–Trinajstić information content (AvgIpc) is 2.89. The number of hydrogen-bond acceptors (Lipinski definition) is 4.